The number of nitrogens with one attached hydrogen (secondary N) is 2. The van der Waals surface area contributed by atoms with Crippen LogP contribution in [0.3, 0.4) is 0 Å². The normalized spacial score (nSPS) is 17.8. The van der Waals surface area contributed by atoms with E-state index in [0.717, 1.165) is 94.5 Å². The van der Waals surface area contributed by atoms with Crippen molar-refractivity contribution in [3.05, 3.63) is 72.7 Å². The Labute approximate surface area is 337 Å². The van der Waals surface area contributed by atoms with Gasteiger partial charge in [-0.15, -0.1) is 0 Å². The summed E-state index contributed by atoms with van der Waals surface area (Å²) in [7, 11) is -1.25. The molecule has 2 fully saturated rings. The molecule has 0 bridgehead atoms. The van der Waals surface area contributed by atoms with Gasteiger partial charge in [-0.2, -0.15) is 0 Å². The van der Waals surface area contributed by atoms with Crippen LogP contribution in [0.1, 0.15) is 91.0 Å². The maximum atomic E-state index is 13.1. The van der Waals surface area contributed by atoms with E-state index in [1.165, 1.54) is 0 Å². The fourth-order valence-electron chi connectivity index (χ4n) is 7.75. The zero-order chi connectivity index (χ0) is 40.7. The van der Waals surface area contributed by atoms with E-state index in [4.69, 9.17) is 24.2 Å². The Hall–Kier alpha value is -4.88. The number of likely N-dealkylation sites (tertiary alicyclic amines) is 2. The van der Waals surface area contributed by atoms with Crippen molar-refractivity contribution >= 4 is 31.2 Å². The number of hydrogen-bond acceptors (Lipinski definition) is 7. The summed E-state index contributed by atoms with van der Waals surface area (Å²) in [4.78, 5) is 46.3. The highest BCUT2D eigenvalue weighted by Crippen LogP contribution is 2.39. The molecule has 0 radical (unpaired) electrons. The lowest BCUT2D eigenvalue weighted by molar-refractivity contribution is 0.0208. The van der Waals surface area contributed by atoms with Crippen molar-refractivity contribution in [1.29, 1.82) is 0 Å². The van der Waals surface area contributed by atoms with Crippen molar-refractivity contribution in [2.75, 3.05) is 19.7 Å². The van der Waals surface area contributed by atoms with Crippen molar-refractivity contribution < 1.29 is 23.8 Å². The van der Waals surface area contributed by atoms with E-state index in [1.807, 2.05) is 53.9 Å². The summed E-state index contributed by atoms with van der Waals surface area (Å²) in [5, 5.41) is 1.11. The minimum atomic E-state index is -1.25. The van der Waals surface area contributed by atoms with Gasteiger partial charge in [-0.25, -0.2) is 19.6 Å². The molecule has 5 aromatic rings. The van der Waals surface area contributed by atoms with Crippen LogP contribution in [-0.4, -0.2) is 85.5 Å². The lowest BCUT2D eigenvalue weighted by atomic mass is 9.97. The van der Waals surface area contributed by atoms with Gasteiger partial charge in [-0.1, -0.05) is 56.0 Å². The molecule has 2 aromatic carbocycles. The molecule has 304 valence electrons. The molecule has 7 rings (SSSR count). The molecule has 5 heterocycles. The third-order valence-electron chi connectivity index (χ3n) is 10.5. The lowest BCUT2D eigenvalue weighted by Crippen LogP contribution is -2.36. The van der Waals surface area contributed by atoms with Gasteiger partial charge in [0.25, 0.3) is 0 Å². The van der Waals surface area contributed by atoms with Crippen molar-refractivity contribution in [3.8, 4) is 33.6 Å². The first-order valence-electron chi connectivity index (χ1n) is 20.3. The Balaban J connectivity index is 1.16. The minimum Gasteiger partial charge on any atom is -0.444 e. The second-order valence-electron chi connectivity index (χ2n) is 18.7. The molecule has 13 heteroatoms. The number of amides is 2. The maximum Gasteiger partial charge on any atom is 0.410 e. The van der Waals surface area contributed by atoms with Crippen LogP contribution in [0.2, 0.25) is 25.7 Å². The van der Waals surface area contributed by atoms with E-state index in [1.54, 1.807) is 9.80 Å². The summed E-state index contributed by atoms with van der Waals surface area (Å²) in [5.74, 6) is 1.54. The van der Waals surface area contributed by atoms with E-state index in [-0.39, 0.29) is 24.3 Å². The number of carbonyl (C=O) groups excluding carboxylic acids is 2. The van der Waals surface area contributed by atoms with Gasteiger partial charge >= 0.3 is 12.2 Å². The molecular weight excluding hydrogens is 735 g/mol. The summed E-state index contributed by atoms with van der Waals surface area (Å²) in [6.45, 7) is 20.9. The molecule has 0 saturated carbocycles. The molecule has 0 aliphatic carbocycles. The van der Waals surface area contributed by atoms with Crippen LogP contribution in [0.25, 0.3) is 44.5 Å². The van der Waals surface area contributed by atoms with Crippen molar-refractivity contribution in [3.63, 3.8) is 0 Å². The number of ether oxygens (including phenoxy) is 3. The highest BCUT2D eigenvalue weighted by Gasteiger charge is 2.36. The maximum absolute atomic E-state index is 13.1. The van der Waals surface area contributed by atoms with E-state index in [2.05, 4.69) is 82.8 Å². The Bertz CT molecular complexity index is 2200. The van der Waals surface area contributed by atoms with E-state index >= 15 is 0 Å². The number of aromatic amines is 2. The predicted octanol–water partition coefficient (Wildman–Crippen LogP) is 10.5. The first-order chi connectivity index (χ1) is 26.9. The van der Waals surface area contributed by atoms with Gasteiger partial charge in [0.1, 0.15) is 29.6 Å². The SMILES string of the molecule is CC(C)(C)OC(=O)N1CCC[C@H]1c1ncc(-c2ccc(-c3ccc(-c4cnc([C@@H]5CCCN5C(=O)OC(C)(C)C)[nH]4)c4c3ccn4COCC[Si](C)(C)C)cc2)[nH]1. The number of hydrogen-bond donors (Lipinski definition) is 2. The van der Waals surface area contributed by atoms with Gasteiger partial charge in [0.2, 0.25) is 0 Å². The summed E-state index contributed by atoms with van der Waals surface area (Å²) in [5.41, 5.74) is 5.94. The average Bonchev–Trinajstić information content (AvgIpc) is 3.97. The van der Waals surface area contributed by atoms with Crippen LogP contribution in [0.15, 0.2) is 61.1 Å². The van der Waals surface area contributed by atoms with Gasteiger partial charge in [0, 0.05) is 44.9 Å². The summed E-state index contributed by atoms with van der Waals surface area (Å²) in [6.07, 6.45) is 8.68. The molecule has 57 heavy (non-hydrogen) atoms. The number of aromatic nitrogens is 5. The van der Waals surface area contributed by atoms with Gasteiger partial charge < -0.3 is 28.7 Å². The zero-order valence-corrected chi connectivity index (χ0v) is 36.1. The number of fused-ring (bicyclic) bond motifs is 1. The predicted molar refractivity (Wildman–Crippen MR) is 226 cm³/mol. The Morgan fingerprint density at radius 1 is 0.737 bits per heavy atom. The fourth-order valence-corrected chi connectivity index (χ4v) is 8.50. The van der Waals surface area contributed by atoms with Crippen molar-refractivity contribution in [1.82, 2.24) is 34.3 Å². The molecule has 2 amide bonds. The van der Waals surface area contributed by atoms with Gasteiger partial charge in [0.15, 0.2) is 0 Å². The second-order valence-corrected chi connectivity index (χ2v) is 24.3. The van der Waals surface area contributed by atoms with Crippen LogP contribution < -0.4 is 0 Å². The molecule has 12 nitrogen and oxygen atoms in total. The monoisotopic (exact) mass is 793 g/mol. The number of nitrogens with zero attached hydrogens (tertiary/aromatic N) is 5. The standard InChI is InChI=1S/C44H59N7O5Si/c1-43(2,3)55-41(52)50-21-10-12-36(50)39-45-26-34(47-39)30-16-14-29(15-17-30)31-18-19-33(38-32(31)20-23-49(38)28-54-24-25-57(7,8)9)35-27-46-40(48-35)37-13-11-22-51(37)42(53)56-44(4,5)6/h14-20,23,26-27,36-37H,10-13,21-22,24-25,28H2,1-9H3,(H,45,47)(H,46,48)/t36-,37-/m0/s1. The van der Waals surface area contributed by atoms with E-state index in [9.17, 15) is 9.59 Å². The molecule has 2 saturated heterocycles. The molecule has 3 aromatic heterocycles. The molecule has 2 aliphatic heterocycles. The number of carbonyl (C=O) groups is 2. The first-order valence-corrected chi connectivity index (χ1v) is 24.0. The number of rotatable bonds is 10. The smallest absolute Gasteiger partial charge is 0.410 e. The third-order valence-corrected chi connectivity index (χ3v) is 12.2. The van der Waals surface area contributed by atoms with Crippen molar-refractivity contribution in [2.24, 2.45) is 0 Å². The van der Waals surface area contributed by atoms with E-state index < -0.39 is 19.3 Å². The number of H-pyrrole nitrogens is 2. The molecule has 2 N–H and O–H groups in total. The van der Waals surface area contributed by atoms with Crippen LogP contribution in [0.4, 0.5) is 9.59 Å². The first kappa shape index (κ1) is 40.3. The lowest BCUT2D eigenvalue weighted by Gasteiger charge is -2.27. The minimum absolute atomic E-state index is 0.142. The quantitative estimate of drug-likeness (QED) is 0.106. The van der Waals surface area contributed by atoms with Crippen molar-refractivity contribution in [2.45, 2.75) is 123 Å². The van der Waals surface area contributed by atoms with Crippen LogP contribution in [0.5, 0.6) is 0 Å². The van der Waals surface area contributed by atoms with E-state index in [0.29, 0.717) is 19.8 Å². The molecular formula is C44H59N7O5Si. The fraction of sp³-hybridized carbons (Fsp3) is 0.500. The Morgan fingerprint density at radius 2 is 1.26 bits per heavy atom. The summed E-state index contributed by atoms with van der Waals surface area (Å²) in [6, 6.07) is 15.8. The molecule has 2 atom stereocenters. The number of imidazole rings is 2. The summed E-state index contributed by atoms with van der Waals surface area (Å²) >= 11 is 0. The average molecular weight is 794 g/mol. The van der Waals surface area contributed by atoms with Crippen LogP contribution in [0, 0.1) is 0 Å². The Kier molecular flexibility index (Phi) is 11.2. The second kappa shape index (κ2) is 15.8. The van der Waals surface area contributed by atoms with Crippen LogP contribution >= 0.6 is 0 Å². The summed E-state index contributed by atoms with van der Waals surface area (Å²) < 4.78 is 19.9. The largest absolute Gasteiger partial charge is 0.444 e. The molecule has 0 spiro atoms. The highest BCUT2D eigenvalue weighted by atomic mass is 28.3. The van der Waals surface area contributed by atoms with Gasteiger partial charge in [-0.05, 0) is 96.0 Å². The number of benzene rings is 2. The highest BCUT2D eigenvalue weighted by molar-refractivity contribution is 6.76. The Morgan fingerprint density at radius 3 is 1.82 bits per heavy atom. The van der Waals surface area contributed by atoms with Crippen LogP contribution in [-0.2, 0) is 20.9 Å². The topological polar surface area (TPSA) is 131 Å². The molecule has 0 unspecified atom stereocenters. The molecule has 2 aliphatic rings. The van der Waals surface area contributed by atoms with Gasteiger partial charge in [-0.3, -0.25) is 9.80 Å². The third kappa shape index (κ3) is 9.31. The zero-order valence-electron chi connectivity index (χ0n) is 35.1. The van der Waals surface area contributed by atoms with Gasteiger partial charge in [0.05, 0.1) is 41.4 Å².